The predicted molar refractivity (Wildman–Crippen MR) is 258 cm³/mol. The van der Waals surface area contributed by atoms with Crippen LogP contribution in [0.15, 0.2) is 48.7 Å². The summed E-state index contributed by atoms with van der Waals surface area (Å²) in [6.45, 7) is 6.82. The first-order chi connectivity index (χ1) is 33.2. The fourth-order valence-corrected chi connectivity index (χ4v) is 13.8. The Balaban J connectivity index is 0.694. The van der Waals surface area contributed by atoms with Crippen molar-refractivity contribution >= 4 is 68.2 Å². The van der Waals surface area contributed by atoms with E-state index in [1.807, 2.05) is 11.0 Å². The first-order valence-electron chi connectivity index (χ1n) is 24.2. The van der Waals surface area contributed by atoms with Crippen molar-refractivity contribution in [3.05, 3.63) is 70.6 Å². The molecule has 17 nitrogen and oxygen atoms in total. The van der Waals surface area contributed by atoms with Crippen LogP contribution in [0.5, 0.6) is 0 Å². The molecule has 0 radical (unpaired) electrons. The van der Waals surface area contributed by atoms with Crippen molar-refractivity contribution in [2.45, 2.75) is 102 Å². The summed E-state index contributed by atoms with van der Waals surface area (Å²) < 4.78 is 43.7. The third kappa shape index (κ3) is 9.34. The Morgan fingerprint density at radius 3 is 2.36 bits per heavy atom. The van der Waals surface area contributed by atoms with Gasteiger partial charge in [-0.25, -0.2) is 27.8 Å². The van der Waals surface area contributed by atoms with E-state index in [0.29, 0.717) is 46.6 Å². The normalized spacial score (nSPS) is 21.7. The van der Waals surface area contributed by atoms with Gasteiger partial charge in [-0.3, -0.25) is 38.9 Å². The zero-order valence-electron chi connectivity index (χ0n) is 38.6. The minimum atomic E-state index is -3.73. The molecule has 7 heterocycles. The molecule has 1 saturated carbocycles. The number of aromatic nitrogens is 3. The number of sulfonamides is 1. The second kappa shape index (κ2) is 18.8. The van der Waals surface area contributed by atoms with Gasteiger partial charge in [0.05, 0.1) is 43.8 Å². The maximum Gasteiger partial charge on any atom is 0.262 e. The van der Waals surface area contributed by atoms with E-state index in [2.05, 4.69) is 29.8 Å². The standard InChI is InChI=1S/C49H57FN10O7S2/c1-2-24-69(66,67)56-36-5-3-4-34(41(36)50)42-43(37-12-19-52-48(51)53-37)68-45(55-42)30-10-17-49(18-11-30)27-59(28-49)40(62)25-29-13-20-57(21-14-29)31-15-22-58(23-16-31)32-6-7-33-35(26-32)47(65)60(46(33)64)38-8-9-39(61)54-44(38)63/h3-7,12,19,26,29-31,38,56H,2,8-11,13-18,20-25,27-28H2,1H3,(H2,51,52,53)(H,54,61,63)/t38-/m1/s1. The SMILES string of the molecule is CCCS(=O)(=O)Nc1cccc(-c2nc(C3CCC4(CC3)CN(C(=O)CC3CCN(C5CCN(c6ccc7c(c6)C(=O)N([C@@H]6CCC(=O)NC6=O)C7=O)CC5)CC3)C4)sc2-c2ccnc(N)n2)c1F. The van der Waals surface area contributed by atoms with E-state index in [1.165, 1.54) is 17.4 Å². The first kappa shape index (κ1) is 46.8. The van der Waals surface area contributed by atoms with Crippen molar-refractivity contribution in [1.82, 2.24) is 35.0 Å². The molecular formula is C49H57FN10O7S2. The van der Waals surface area contributed by atoms with Crippen LogP contribution in [0, 0.1) is 17.2 Å². The lowest BCUT2D eigenvalue weighted by Crippen LogP contribution is -2.59. The minimum Gasteiger partial charge on any atom is -0.371 e. The highest BCUT2D eigenvalue weighted by atomic mass is 32.2. The second-order valence-electron chi connectivity index (χ2n) is 19.7. The molecule has 0 bridgehead atoms. The Bertz CT molecular complexity index is 2810. The number of halogens is 1. The average Bonchev–Trinajstić information content (AvgIpc) is 3.87. The maximum absolute atomic E-state index is 16.1. The third-order valence-corrected chi connectivity index (χ3v) is 17.9. The van der Waals surface area contributed by atoms with Crippen LogP contribution in [0.4, 0.5) is 21.7 Å². The second-order valence-corrected chi connectivity index (χ2v) is 22.6. The number of likely N-dealkylation sites (tertiary alicyclic amines) is 2. The van der Waals surface area contributed by atoms with Gasteiger partial charge in [-0.15, -0.1) is 11.3 Å². The molecule has 69 heavy (non-hydrogen) atoms. The minimum absolute atomic E-state index is 0.0790. The van der Waals surface area contributed by atoms with Gasteiger partial charge in [-0.2, -0.15) is 0 Å². The summed E-state index contributed by atoms with van der Waals surface area (Å²) in [6.07, 6.45) is 10.3. The number of thiazole rings is 1. The lowest BCUT2D eigenvalue weighted by molar-refractivity contribution is -0.147. The van der Waals surface area contributed by atoms with Gasteiger partial charge < -0.3 is 20.4 Å². The van der Waals surface area contributed by atoms with Crippen molar-refractivity contribution < 1.29 is 36.8 Å². The molecule has 364 valence electrons. The fourth-order valence-electron chi connectivity index (χ4n) is 11.4. The number of nitrogens with zero attached hydrogens (tertiary/aromatic N) is 7. The number of piperidine rings is 3. The zero-order valence-corrected chi connectivity index (χ0v) is 40.3. The van der Waals surface area contributed by atoms with Crippen LogP contribution in [-0.2, 0) is 24.4 Å². The number of carbonyl (C=O) groups is 5. The van der Waals surface area contributed by atoms with Crippen molar-refractivity contribution in [3.63, 3.8) is 0 Å². The third-order valence-electron chi connectivity index (χ3n) is 15.2. The summed E-state index contributed by atoms with van der Waals surface area (Å²) in [5.41, 5.74) is 8.45. The number of anilines is 3. The first-order valence-corrected chi connectivity index (χ1v) is 26.7. The summed E-state index contributed by atoms with van der Waals surface area (Å²) in [6, 6.07) is 11.1. The van der Waals surface area contributed by atoms with Gasteiger partial charge in [0.1, 0.15) is 6.04 Å². The average molecular weight is 981 g/mol. The molecule has 5 amide bonds. The lowest BCUT2D eigenvalue weighted by atomic mass is 9.66. The topological polar surface area (TPSA) is 221 Å². The number of carbonyl (C=O) groups excluding carboxylic acids is 5. The number of nitrogen functional groups attached to an aromatic ring is 1. The van der Waals surface area contributed by atoms with E-state index in [-0.39, 0.29) is 58.6 Å². The maximum atomic E-state index is 16.1. The number of imide groups is 2. The van der Waals surface area contributed by atoms with Gasteiger partial charge in [-0.1, -0.05) is 13.0 Å². The number of amides is 5. The Hall–Kier alpha value is -5.86. The Morgan fingerprint density at radius 1 is 0.913 bits per heavy atom. The highest BCUT2D eigenvalue weighted by Gasteiger charge is 2.48. The molecule has 2 aromatic carbocycles. The highest BCUT2D eigenvalue weighted by molar-refractivity contribution is 7.92. The molecule has 1 spiro atoms. The van der Waals surface area contributed by atoms with E-state index in [0.717, 1.165) is 106 Å². The molecule has 1 aliphatic carbocycles. The Labute approximate surface area is 404 Å². The number of nitrogens with two attached hydrogens (primary N) is 1. The smallest absolute Gasteiger partial charge is 0.262 e. The molecule has 20 heteroatoms. The van der Waals surface area contributed by atoms with E-state index < -0.39 is 45.5 Å². The van der Waals surface area contributed by atoms with E-state index in [9.17, 15) is 32.4 Å². The van der Waals surface area contributed by atoms with Crippen LogP contribution in [-0.4, -0.2) is 125 Å². The molecule has 6 aliphatic rings. The van der Waals surface area contributed by atoms with Crippen LogP contribution in [0.1, 0.15) is 116 Å². The lowest BCUT2D eigenvalue weighted by Gasteiger charge is -2.53. The van der Waals surface area contributed by atoms with Crippen molar-refractivity contribution in [3.8, 4) is 21.8 Å². The number of hydrogen-bond acceptors (Lipinski definition) is 14. The number of rotatable bonds is 12. The van der Waals surface area contributed by atoms with Gasteiger partial charge in [0.15, 0.2) is 5.82 Å². The molecule has 2 aromatic heterocycles. The van der Waals surface area contributed by atoms with Crippen LogP contribution < -0.4 is 20.7 Å². The zero-order chi connectivity index (χ0) is 48.2. The number of hydrogen-bond donors (Lipinski definition) is 3. The summed E-state index contributed by atoms with van der Waals surface area (Å²) in [7, 11) is -3.73. The van der Waals surface area contributed by atoms with Crippen molar-refractivity contribution in [2.24, 2.45) is 11.3 Å². The van der Waals surface area contributed by atoms with Gasteiger partial charge in [0.2, 0.25) is 33.7 Å². The molecule has 1 atom stereocenters. The summed E-state index contributed by atoms with van der Waals surface area (Å²) in [5.74, 6) is -2.04. The number of fused-ring (bicyclic) bond motifs is 1. The number of benzene rings is 2. The van der Waals surface area contributed by atoms with Crippen LogP contribution >= 0.6 is 11.3 Å². The largest absolute Gasteiger partial charge is 0.371 e. The summed E-state index contributed by atoms with van der Waals surface area (Å²) in [5, 5.41) is 3.11. The molecule has 4 saturated heterocycles. The van der Waals surface area contributed by atoms with Crippen molar-refractivity contribution in [2.75, 3.05) is 60.4 Å². The van der Waals surface area contributed by atoms with Crippen LogP contribution in [0.25, 0.3) is 21.8 Å². The Morgan fingerprint density at radius 2 is 1.65 bits per heavy atom. The van der Waals surface area contributed by atoms with Gasteiger partial charge >= 0.3 is 0 Å². The molecular weight excluding hydrogens is 924 g/mol. The molecule has 5 aliphatic heterocycles. The monoisotopic (exact) mass is 980 g/mol. The van der Waals surface area contributed by atoms with E-state index >= 15 is 4.39 Å². The van der Waals surface area contributed by atoms with Gasteiger partial charge in [0.25, 0.3) is 11.8 Å². The molecule has 4 N–H and O–H groups in total. The highest BCUT2D eigenvalue weighted by Crippen LogP contribution is 2.51. The van der Waals surface area contributed by atoms with Gasteiger partial charge in [0, 0.05) is 73.8 Å². The summed E-state index contributed by atoms with van der Waals surface area (Å²) >= 11 is 1.46. The van der Waals surface area contributed by atoms with Gasteiger partial charge in [-0.05, 0) is 120 Å². The van der Waals surface area contributed by atoms with Crippen LogP contribution in [0.2, 0.25) is 0 Å². The predicted octanol–water partition coefficient (Wildman–Crippen LogP) is 5.80. The van der Waals surface area contributed by atoms with E-state index in [4.69, 9.17) is 10.7 Å². The quantitative estimate of drug-likeness (QED) is 0.143. The molecule has 10 rings (SSSR count). The molecule has 5 fully saturated rings. The van der Waals surface area contributed by atoms with E-state index in [1.54, 1.807) is 43.5 Å². The fraction of sp³-hybridized carbons (Fsp3) is 0.510. The Kier molecular flexibility index (Phi) is 12.8. The molecule has 0 unspecified atom stereocenters. The molecule has 4 aromatic rings. The van der Waals surface area contributed by atoms with Crippen molar-refractivity contribution in [1.29, 1.82) is 0 Å². The van der Waals surface area contributed by atoms with Crippen LogP contribution in [0.3, 0.4) is 0 Å². The summed E-state index contributed by atoms with van der Waals surface area (Å²) in [4.78, 5) is 86.4. The number of nitrogens with one attached hydrogen (secondary N) is 2.